The summed E-state index contributed by atoms with van der Waals surface area (Å²) in [5, 5.41) is 18.2. The van der Waals surface area contributed by atoms with Gasteiger partial charge in [-0.25, -0.2) is 24.3 Å². The molecule has 0 saturated carbocycles. The van der Waals surface area contributed by atoms with Crippen LogP contribution >= 0.6 is 0 Å². The van der Waals surface area contributed by atoms with E-state index in [1.165, 1.54) is 0 Å². The van der Waals surface area contributed by atoms with Gasteiger partial charge in [0.2, 0.25) is 0 Å². The van der Waals surface area contributed by atoms with E-state index >= 15 is 0 Å². The van der Waals surface area contributed by atoms with Crippen molar-refractivity contribution in [2.75, 3.05) is 28.2 Å². The molecule has 0 atom stereocenters. The number of nitrogens with zero attached hydrogens (tertiary/aromatic N) is 2. The Balaban J connectivity index is 0.000000434. The largest absolute Gasteiger partial charge is 2.00 e. The van der Waals surface area contributed by atoms with Gasteiger partial charge in [0.05, 0.1) is 0 Å². The fraction of sp³-hybridized carbons (Fsp3) is 0.214. The van der Waals surface area contributed by atoms with Gasteiger partial charge in [-0.05, 0) is 63.6 Å². The van der Waals surface area contributed by atoms with Crippen LogP contribution in [0.5, 0.6) is 11.5 Å². The first-order valence-corrected chi connectivity index (χ1v) is 10.6. The maximum atomic E-state index is 9.11. The van der Waals surface area contributed by atoms with E-state index in [0.717, 1.165) is 24.2 Å². The second-order valence-electron chi connectivity index (χ2n) is 7.74. The van der Waals surface area contributed by atoms with Gasteiger partial charge < -0.3 is 20.0 Å². The predicted molar refractivity (Wildman–Crippen MR) is 135 cm³/mol. The Morgan fingerprint density at radius 3 is 1.12 bits per heavy atom. The van der Waals surface area contributed by atoms with Crippen LogP contribution in [0.25, 0.3) is 0 Å². The van der Waals surface area contributed by atoms with Gasteiger partial charge in [-0.15, -0.1) is 0 Å². The molecule has 0 amide bonds. The molecule has 0 aromatic heterocycles. The van der Waals surface area contributed by atoms with Gasteiger partial charge >= 0.3 is 26.2 Å². The molecule has 0 saturated heterocycles. The van der Waals surface area contributed by atoms with Crippen LogP contribution in [0.3, 0.4) is 0 Å². The van der Waals surface area contributed by atoms with Crippen molar-refractivity contribution in [2.45, 2.75) is 13.1 Å². The molecule has 2 N–H and O–H groups in total. The summed E-state index contributed by atoms with van der Waals surface area (Å²) < 4.78 is 0. The second kappa shape index (κ2) is 19.1. The average Bonchev–Trinajstić information content (AvgIpc) is 3.47. The van der Waals surface area contributed by atoms with E-state index in [1.807, 2.05) is 113 Å². The van der Waals surface area contributed by atoms with Gasteiger partial charge in [0.25, 0.3) is 0 Å². The molecule has 0 bridgehead atoms. The van der Waals surface area contributed by atoms with E-state index in [-0.39, 0.29) is 26.2 Å². The molecule has 4 nitrogen and oxygen atoms in total. The van der Waals surface area contributed by atoms with E-state index in [0.29, 0.717) is 11.5 Å². The van der Waals surface area contributed by atoms with E-state index in [4.69, 9.17) is 10.2 Å². The van der Waals surface area contributed by atoms with Crippen molar-refractivity contribution in [2.24, 2.45) is 0 Å². The minimum atomic E-state index is 0. The molecule has 0 aliphatic carbocycles. The van der Waals surface area contributed by atoms with Crippen molar-refractivity contribution in [3.05, 3.63) is 120 Å². The topological polar surface area (TPSA) is 46.9 Å². The van der Waals surface area contributed by atoms with Crippen LogP contribution in [0.2, 0.25) is 0 Å². The van der Waals surface area contributed by atoms with Crippen LogP contribution in [-0.2, 0) is 39.3 Å². The Bertz CT molecular complexity index is 809. The number of phenols is 2. The first-order valence-electron chi connectivity index (χ1n) is 10.6. The van der Waals surface area contributed by atoms with Crippen molar-refractivity contribution >= 4 is 0 Å². The minimum Gasteiger partial charge on any atom is -0.508 e. The van der Waals surface area contributed by atoms with Crippen molar-refractivity contribution in [3.63, 3.8) is 0 Å². The molecule has 0 unspecified atom stereocenters. The zero-order valence-electron chi connectivity index (χ0n) is 20.1. The maximum Gasteiger partial charge on any atom is 2.00 e. The normalized spacial score (nSPS) is 9.39. The zero-order valence-corrected chi connectivity index (χ0v) is 22.6. The van der Waals surface area contributed by atoms with Crippen molar-refractivity contribution in [3.8, 4) is 11.5 Å². The summed E-state index contributed by atoms with van der Waals surface area (Å²) in [7, 11) is 8.02. The van der Waals surface area contributed by atoms with E-state index in [9.17, 15) is 0 Å². The zero-order chi connectivity index (χ0) is 23.6. The minimum absolute atomic E-state index is 0. The number of aromatic hydroxyl groups is 2. The fourth-order valence-electron chi connectivity index (χ4n) is 2.68. The molecule has 0 aliphatic rings. The van der Waals surface area contributed by atoms with E-state index in [2.05, 4.69) is 9.80 Å². The first-order chi connectivity index (χ1) is 15.4. The van der Waals surface area contributed by atoms with Crippen LogP contribution in [0, 0.1) is 0 Å². The Hall–Kier alpha value is -2.46. The Labute approximate surface area is 218 Å². The number of hydrogen-bond acceptors (Lipinski definition) is 4. The van der Waals surface area contributed by atoms with Crippen molar-refractivity contribution in [1.82, 2.24) is 9.80 Å². The standard InChI is InChI=1S/2C9H13NO.2C5H5.Zr/c2*1-10(2)7-8-4-3-5-9(11)6-8;2*1-2-4-5-3-1;/h2*3-6,11H,7H2,1-2H3;2*1-5H;/q;;2*-1;+2. The Morgan fingerprint density at radius 2 is 0.909 bits per heavy atom. The summed E-state index contributed by atoms with van der Waals surface area (Å²) in [5.41, 5.74) is 2.27. The molecular formula is C28H36N2O2Zr. The number of benzene rings is 2. The quantitative estimate of drug-likeness (QED) is 0.336. The number of phenolic OH excluding ortho intramolecular Hbond substituents is 2. The van der Waals surface area contributed by atoms with E-state index < -0.39 is 0 Å². The molecule has 0 radical (unpaired) electrons. The smallest absolute Gasteiger partial charge is 0.508 e. The molecule has 0 heterocycles. The second-order valence-corrected chi connectivity index (χ2v) is 7.74. The van der Waals surface area contributed by atoms with Gasteiger partial charge in [0.1, 0.15) is 11.5 Å². The first kappa shape index (κ1) is 30.5. The van der Waals surface area contributed by atoms with Crippen molar-refractivity contribution in [1.29, 1.82) is 0 Å². The summed E-state index contributed by atoms with van der Waals surface area (Å²) in [6.45, 7) is 1.74. The van der Waals surface area contributed by atoms with Gasteiger partial charge in [-0.3, -0.25) is 0 Å². The summed E-state index contributed by atoms with van der Waals surface area (Å²) in [6, 6.07) is 34.6. The van der Waals surface area contributed by atoms with Crippen molar-refractivity contribution < 1.29 is 36.4 Å². The molecule has 4 rings (SSSR count). The molecule has 0 fully saturated rings. The molecule has 0 aliphatic heterocycles. The Kier molecular flexibility index (Phi) is 17.6. The SMILES string of the molecule is CN(C)Cc1cccc(O)c1.CN(C)Cc1cccc(O)c1.[Zr+2].c1cc[cH-]c1.c1cc[cH-]c1. The number of hydrogen-bond donors (Lipinski definition) is 2. The van der Waals surface area contributed by atoms with Gasteiger partial charge in [0, 0.05) is 13.1 Å². The van der Waals surface area contributed by atoms with Crippen LogP contribution in [-0.4, -0.2) is 48.2 Å². The van der Waals surface area contributed by atoms with Gasteiger partial charge in [-0.2, -0.15) is 36.4 Å². The van der Waals surface area contributed by atoms with Crippen LogP contribution < -0.4 is 0 Å². The molecule has 4 aromatic rings. The third kappa shape index (κ3) is 17.7. The maximum absolute atomic E-state index is 9.11. The molecule has 33 heavy (non-hydrogen) atoms. The van der Waals surface area contributed by atoms with Gasteiger partial charge in [0.15, 0.2) is 0 Å². The summed E-state index contributed by atoms with van der Waals surface area (Å²) >= 11 is 0. The Morgan fingerprint density at radius 1 is 0.576 bits per heavy atom. The molecule has 4 aromatic carbocycles. The van der Waals surface area contributed by atoms with E-state index in [1.54, 1.807) is 24.3 Å². The molecule has 174 valence electrons. The average molecular weight is 524 g/mol. The number of rotatable bonds is 4. The third-order valence-electron chi connectivity index (χ3n) is 3.93. The molecule has 0 spiro atoms. The summed E-state index contributed by atoms with van der Waals surface area (Å²) in [5.74, 6) is 0.675. The summed E-state index contributed by atoms with van der Waals surface area (Å²) in [6.07, 6.45) is 0. The summed E-state index contributed by atoms with van der Waals surface area (Å²) in [4.78, 5) is 4.13. The van der Waals surface area contributed by atoms with Gasteiger partial charge in [-0.1, -0.05) is 24.3 Å². The van der Waals surface area contributed by atoms with Crippen LogP contribution in [0.15, 0.2) is 109 Å². The fourth-order valence-corrected chi connectivity index (χ4v) is 2.68. The predicted octanol–water partition coefficient (Wildman–Crippen LogP) is 5.72. The monoisotopic (exact) mass is 522 g/mol. The molecular weight excluding hydrogens is 488 g/mol. The third-order valence-corrected chi connectivity index (χ3v) is 3.93. The van der Waals surface area contributed by atoms with Crippen LogP contribution in [0.4, 0.5) is 0 Å². The molecule has 5 heteroatoms. The van der Waals surface area contributed by atoms with Crippen LogP contribution in [0.1, 0.15) is 11.1 Å².